The molecule has 0 saturated carbocycles. The van der Waals surface area contributed by atoms with Gasteiger partial charge in [-0.05, 0) is 37.6 Å². The van der Waals surface area contributed by atoms with Gasteiger partial charge in [-0.2, -0.15) is 0 Å². The van der Waals surface area contributed by atoms with Crippen LogP contribution < -0.4 is 9.47 Å². The molecule has 0 amide bonds. The Morgan fingerprint density at radius 1 is 1.19 bits per heavy atom. The van der Waals surface area contributed by atoms with Crippen molar-refractivity contribution in [1.82, 2.24) is 4.57 Å². The van der Waals surface area contributed by atoms with Crippen molar-refractivity contribution < 1.29 is 37.3 Å². The number of nitrogens with zero attached hydrogens (tertiary/aromatic N) is 1. The van der Waals surface area contributed by atoms with Crippen LogP contribution in [-0.2, 0) is 4.79 Å². The zero-order valence-electron chi connectivity index (χ0n) is 16.8. The number of hydrogen-bond donors (Lipinski definition) is 1. The largest absolute Gasteiger partial charge is 0.573 e. The molecule has 0 bridgehead atoms. The number of carboxylic acid groups (broad SMARTS) is 1. The van der Waals surface area contributed by atoms with Crippen molar-refractivity contribution in [2.45, 2.75) is 39.2 Å². The molecule has 0 fully saturated rings. The van der Waals surface area contributed by atoms with Crippen LogP contribution in [0.15, 0.2) is 42.5 Å². The summed E-state index contributed by atoms with van der Waals surface area (Å²) in [7, 11) is 0. The van der Waals surface area contributed by atoms with E-state index in [0.29, 0.717) is 47.0 Å². The van der Waals surface area contributed by atoms with Crippen LogP contribution in [-0.4, -0.2) is 34.4 Å². The van der Waals surface area contributed by atoms with Crippen molar-refractivity contribution in [2.24, 2.45) is 0 Å². The van der Waals surface area contributed by atoms with Gasteiger partial charge in [0.15, 0.2) is 12.4 Å². The fourth-order valence-corrected chi connectivity index (χ4v) is 3.45. The number of rotatable bonds is 8. The van der Waals surface area contributed by atoms with E-state index in [-0.39, 0.29) is 5.75 Å². The van der Waals surface area contributed by atoms with Gasteiger partial charge in [0, 0.05) is 34.5 Å². The topological polar surface area (TPSA) is 77.8 Å². The van der Waals surface area contributed by atoms with Crippen molar-refractivity contribution in [3.05, 3.63) is 53.7 Å². The fraction of sp³-hybridized carbons (Fsp3) is 0.273. The molecular formula is C22H20F3NO5. The first-order valence-electron chi connectivity index (χ1n) is 9.50. The lowest BCUT2D eigenvalue weighted by molar-refractivity contribution is -0.274. The van der Waals surface area contributed by atoms with E-state index in [0.717, 1.165) is 6.07 Å². The van der Waals surface area contributed by atoms with E-state index in [1.54, 1.807) is 35.8 Å². The number of alkyl halides is 3. The van der Waals surface area contributed by atoms with Crippen LogP contribution in [0.4, 0.5) is 13.2 Å². The van der Waals surface area contributed by atoms with Crippen molar-refractivity contribution in [3.63, 3.8) is 0 Å². The Balaban J connectivity index is 2.11. The van der Waals surface area contributed by atoms with Crippen molar-refractivity contribution in [3.8, 4) is 17.2 Å². The molecule has 9 heteroatoms. The minimum absolute atomic E-state index is 0.287. The third kappa shape index (κ3) is 4.82. The number of aromatic nitrogens is 1. The van der Waals surface area contributed by atoms with Gasteiger partial charge < -0.3 is 19.1 Å². The number of carboxylic acids is 1. The van der Waals surface area contributed by atoms with Gasteiger partial charge in [-0.15, -0.1) is 13.2 Å². The number of carbonyl (C=O) groups is 2. The van der Waals surface area contributed by atoms with Gasteiger partial charge >= 0.3 is 12.3 Å². The van der Waals surface area contributed by atoms with Gasteiger partial charge in [-0.25, -0.2) is 4.79 Å². The molecule has 2 aromatic carbocycles. The summed E-state index contributed by atoms with van der Waals surface area (Å²) in [6.45, 7) is 3.51. The van der Waals surface area contributed by atoms with Crippen LogP contribution in [0.1, 0.15) is 35.8 Å². The SMILES string of the molecule is CCCC(Oc1cccc(-n2c(C)c(C=O)c3ccc(OC(F)(F)F)cc32)c1)C(=O)O. The summed E-state index contributed by atoms with van der Waals surface area (Å²) in [5.74, 6) is -1.22. The molecule has 0 saturated heterocycles. The maximum atomic E-state index is 12.7. The first kappa shape index (κ1) is 22.2. The maximum absolute atomic E-state index is 12.7. The summed E-state index contributed by atoms with van der Waals surface area (Å²) >= 11 is 0. The van der Waals surface area contributed by atoms with Crippen LogP contribution in [0.3, 0.4) is 0 Å². The summed E-state index contributed by atoms with van der Waals surface area (Å²) in [6.07, 6.45) is -4.31. The highest BCUT2D eigenvalue weighted by Crippen LogP contribution is 2.33. The molecule has 1 N–H and O–H groups in total. The normalized spacial score (nSPS) is 12.5. The predicted molar refractivity (Wildman–Crippen MR) is 107 cm³/mol. The van der Waals surface area contributed by atoms with Crippen LogP contribution >= 0.6 is 0 Å². The highest BCUT2D eigenvalue weighted by atomic mass is 19.4. The third-order valence-corrected chi connectivity index (χ3v) is 4.76. The number of benzene rings is 2. The number of fused-ring (bicyclic) bond motifs is 1. The highest BCUT2D eigenvalue weighted by Gasteiger charge is 2.31. The molecule has 6 nitrogen and oxygen atoms in total. The van der Waals surface area contributed by atoms with Crippen molar-refractivity contribution in [1.29, 1.82) is 0 Å². The lowest BCUT2D eigenvalue weighted by atomic mass is 10.1. The minimum Gasteiger partial charge on any atom is -0.479 e. The van der Waals surface area contributed by atoms with Gasteiger partial charge in [0.2, 0.25) is 0 Å². The number of carbonyl (C=O) groups excluding carboxylic acids is 1. The number of aliphatic carboxylic acids is 1. The minimum atomic E-state index is -4.85. The van der Waals surface area contributed by atoms with E-state index in [2.05, 4.69) is 4.74 Å². The van der Waals surface area contributed by atoms with E-state index in [9.17, 15) is 27.9 Å². The second kappa shape index (κ2) is 8.71. The molecule has 3 aromatic rings. The van der Waals surface area contributed by atoms with E-state index < -0.39 is 24.2 Å². The Kier molecular flexibility index (Phi) is 6.24. The Morgan fingerprint density at radius 3 is 2.55 bits per heavy atom. The molecule has 1 unspecified atom stereocenters. The molecular weight excluding hydrogens is 415 g/mol. The fourth-order valence-electron chi connectivity index (χ4n) is 3.45. The monoisotopic (exact) mass is 435 g/mol. The second-order valence-electron chi connectivity index (χ2n) is 6.91. The number of ether oxygens (including phenoxy) is 2. The molecule has 0 aliphatic rings. The van der Waals surface area contributed by atoms with Crippen LogP contribution in [0.5, 0.6) is 11.5 Å². The lowest BCUT2D eigenvalue weighted by Gasteiger charge is -2.16. The average molecular weight is 435 g/mol. The van der Waals surface area contributed by atoms with E-state index in [1.807, 2.05) is 6.92 Å². The number of hydrogen-bond acceptors (Lipinski definition) is 4. The van der Waals surface area contributed by atoms with E-state index in [1.165, 1.54) is 12.1 Å². The number of halogens is 3. The number of aldehydes is 1. The molecule has 1 aromatic heterocycles. The van der Waals surface area contributed by atoms with Gasteiger partial charge in [0.25, 0.3) is 0 Å². The smallest absolute Gasteiger partial charge is 0.479 e. The van der Waals surface area contributed by atoms with Gasteiger partial charge in [0.1, 0.15) is 11.5 Å². The Morgan fingerprint density at radius 2 is 1.94 bits per heavy atom. The molecule has 0 aliphatic carbocycles. The Hall–Kier alpha value is -3.49. The molecule has 164 valence electrons. The van der Waals surface area contributed by atoms with Crippen LogP contribution in [0, 0.1) is 6.92 Å². The summed E-state index contributed by atoms with van der Waals surface area (Å²) in [6, 6.07) is 10.2. The zero-order chi connectivity index (χ0) is 22.8. The summed E-state index contributed by atoms with van der Waals surface area (Å²) in [5.41, 5.74) is 1.67. The van der Waals surface area contributed by atoms with Gasteiger partial charge in [-0.3, -0.25) is 4.79 Å². The molecule has 3 rings (SSSR count). The standard InChI is InChI=1S/C22H20F3NO5/c1-3-5-20(21(28)29)30-15-7-4-6-14(10-15)26-13(2)18(12-27)17-9-8-16(11-19(17)26)31-22(23,24)25/h4,6-12,20H,3,5H2,1-2H3,(H,28,29). The molecule has 0 aliphatic heterocycles. The molecule has 0 radical (unpaired) electrons. The van der Waals surface area contributed by atoms with E-state index >= 15 is 0 Å². The zero-order valence-corrected chi connectivity index (χ0v) is 16.8. The van der Waals surface area contributed by atoms with Crippen LogP contribution in [0.2, 0.25) is 0 Å². The third-order valence-electron chi connectivity index (χ3n) is 4.76. The molecule has 31 heavy (non-hydrogen) atoms. The Bertz CT molecular complexity index is 1120. The van der Waals surface area contributed by atoms with Gasteiger partial charge in [0.05, 0.1) is 5.52 Å². The Labute approximate surface area is 175 Å². The predicted octanol–water partition coefficient (Wildman–Crippen LogP) is 5.28. The summed E-state index contributed by atoms with van der Waals surface area (Å²) < 4.78 is 49.2. The van der Waals surface area contributed by atoms with Crippen molar-refractivity contribution in [2.75, 3.05) is 0 Å². The molecule has 1 heterocycles. The molecule has 0 spiro atoms. The summed E-state index contributed by atoms with van der Waals surface area (Å²) in [4.78, 5) is 23.0. The quantitative estimate of drug-likeness (QED) is 0.487. The average Bonchev–Trinajstić information content (AvgIpc) is 2.97. The van der Waals surface area contributed by atoms with Crippen LogP contribution in [0.25, 0.3) is 16.6 Å². The van der Waals surface area contributed by atoms with Crippen molar-refractivity contribution >= 4 is 23.2 Å². The second-order valence-corrected chi connectivity index (χ2v) is 6.91. The highest BCUT2D eigenvalue weighted by molar-refractivity contribution is 6.00. The van der Waals surface area contributed by atoms with Gasteiger partial charge in [-0.1, -0.05) is 19.4 Å². The summed E-state index contributed by atoms with van der Waals surface area (Å²) in [5, 5.41) is 9.78. The lowest BCUT2D eigenvalue weighted by Crippen LogP contribution is -2.26. The van der Waals surface area contributed by atoms with E-state index in [4.69, 9.17) is 4.74 Å². The first-order valence-corrected chi connectivity index (χ1v) is 9.50. The first-order chi connectivity index (χ1) is 14.6. The molecule has 1 atom stereocenters. The maximum Gasteiger partial charge on any atom is 0.573 e.